The van der Waals surface area contributed by atoms with Crippen LogP contribution in [0.2, 0.25) is 0 Å². The monoisotopic (exact) mass is 2000 g/mol. The summed E-state index contributed by atoms with van der Waals surface area (Å²) in [5.41, 5.74) is 32.8. The van der Waals surface area contributed by atoms with Gasteiger partial charge >= 0.3 is 23.9 Å². The molecule has 0 saturated heterocycles. The van der Waals surface area contributed by atoms with Gasteiger partial charge in [-0.2, -0.15) is 0 Å². The van der Waals surface area contributed by atoms with Crippen LogP contribution in [0, 0.1) is 0 Å². The van der Waals surface area contributed by atoms with Gasteiger partial charge < -0.3 is 97.2 Å². The van der Waals surface area contributed by atoms with Gasteiger partial charge in [-0.1, -0.05) is 182 Å². The number of benzene rings is 6. The highest BCUT2D eigenvalue weighted by atomic mass is 31.2. The maximum atomic E-state index is 14.0. The average Bonchev–Trinajstić information content (AvgIpc) is 1.57. The number of imidazole rings is 4. The largest absolute Gasteiger partial charge is 0.468 e. The molecule has 0 saturated carbocycles. The molecule has 48 heteroatoms. The predicted molar refractivity (Wildman–Crippen MR) is 523 cm³/mol. The predicted octanol–water partition coefficient (Wildman–Crippen LogP) is 11.8. The molecule has 0 spiro atoms. The van der Waals surface area contributed by atoms with Crippen LogP contribution in [0.15, 0.2) is 233 Å². The third-order valence-corrected chi connectivity index (χ3v) is 27.4. The number of nitrogen functional groups attached to an aromatic ring is 4. The van der Waals surface area contributed by atoms with Crippen molar-refractivity contribution in [1.29, 1.82) is 0 Å². The maximum Gasteiger partial charge on any atom is 0.323 e. The smallest absolute Gasteiger partial charge is 0.323 e. The van der Waals surface area contributed by atoms with Crippen LogP contribution in [0.25, 0.3) is 44.7 Å². The third-order valence-electron chi connectivity index (χ3n) is 20.5. The molecule has 0 aliphatic carbocycles. The van der Waals surface area contributed by atoms with Crippen LogP contribution in [0.1, 0.15) is 74.9 Å². The normalized spacial score (nSPS) is 14.4. The summed E-state index contributed by atoms with van der Waals surface area (Å²) in [7, 11) is -10.6. The lowest BCUT2D eigenvalue weighted by Gasteiger charge is -2.26. The van der Waals surface area contributed by atoms with Gasteiger partial charge in [0.1, 0.15) is 97.9 Å². The lowest BCUT2D eigenvalue weighted by Crippen LogP contribution is -2.39. The highest BCUT2D eigenvalue weighted by Gasteiger charge is 2.36. The van der Waals surface area contributed by atoms with Gasteiger partial charge in [-0.15, -0.1) is 0 Å². The first-order valence-electron chi connectivity index (χ1n) is 44.2. The third kappa shape index (κ3) is 33.7. The summed E-state index contributed by atoms with van der Waals surface area (Å²) in [6.07, 6.45) is 9.60. The highest BCUT2D eigenvalue weighted by molar-refractivity contribution is 7.57. The molecule has 140 heavy (non-hydrogen) atoms. The van der Waals surface area contributed by atoms with Crippen LogP contribution in [0.4, 0.5) is 23.3 Å². The first-order chi connectivity index (χ1) is 67.4. The van der Waals surface area contributed by atoms with E-state index < -0.39 is 78.2 Å². The number of nitrogens with zero attached hydrogens (tertiary/aromatic N) is 16. The number of esters is 4. The molecular formula is C92H116N24O20P4. The van der Waals surface area contributed by atoms with E-state index in [0.29, 0.717) is 82.5 Å². The van der Waals surface area contributed by atoms with Gasteiger partial charge in [0.2, 0.25) is 0 Å². The summed E-state index contributed by atoms with van der Waals surface area (Å²) in [5.74, 6) is -1.01. The van der Waals surface area contributed by atoms with Gasteiger partial charge in [0.25, 0.3) is 30.1 Å². The molecule has 8 heterocycles. The number of nitrogens with two attached hydrogens (primary N) is 4. The van der Waals surface area contributed by atoms with E-state index in [2.05, 4.69) is 84.9 Å². The average molecular weight is 2000 g/mol. The fourth-order valence-corrected chi connectivity index (χ4v) is 19.7. The number of fused-ring (bicyclic) bond motifs is 4. The summed E-state index contributed by atoms with van der Waals surface area (Å²) in [6.45, 7) is 12.1. The van der Waals surface area contributed by atoms with E-state index in [0.717, 1.165) is 33.4 Å². The summed E-state index contributed by atoms with van der Waals surface area (Å²) in [4.78, 5) is 98.3. The molecule has 0 fully saturated rings. The van der Waals surface area contributed by atoms with Gasteiger partial charge in [0.05, 0.1) is 130 Å². The lowest BCUT2D eigenvalue weighted by molar-refractivity contribution is -0.146. The number of anilines is 4. The molecule has 14 rings (SSSR count). The Kier molecular flexibility index (Phi) is 41.0. The minimum Gasteiger partial charge on any atom is -0.468 e. The Balaban J connectivity index is 0.000000179. The summed E-state index contributed by atoms with van der Waals surface area (Å²) in [5, 5.41) is 11.2. The minimum absolute atomic E-state index is 0.0739. The van der Waals surface area contributed by atoms with Crippen molar-refractivity contribution in [2.45, 2.75) is 150 Å². The van der Waals surface area contributed by atoms with Crippen molar-refractivity contribution in [3.8, 4) is 0 Å². The summed E-state index contributed by atoms with van der Waals surface area (Å²) >= 11 is 0. The number of ether oxygens (including phenoxy) is 8. The number of hydrogen-bond donors (Lipinski definition) is 8. The summed E-state index contributed by atoms with van der Waals surface area (Å²) < 4.78 is 128. The zero-order chi connectivity index (χ0) is 100. The van der Waals surface area contributed by atoms with E-state index in [1.165, 1.54) is 46.6 Å². The SMILES string of the molecule is CC(C)OC(=O)CNP(=O)(CO[C@H](C)Cn1cnc2c(N)ncnc21)OCc1ccccc1.COC(=O)CNP(=O)(CO[C@H](C)Cn1cnc2c(N)ncnc21)OCc1ccccc1.COC(=O)[C@H](Cc1ccccc1)NP(=O)(CO[C@H](C)Cn1cnc2c(N)ncnc21)OCc1ccccc1.COC(=O)[C@H](Cc1ccccc1)NP(=O)(CO[C@H](C)Cn1cnc2c(N)ncnc21)OCc1ccccc1. The fraction of sp³-hybridized carbons (Fsp3) is 0.348. The van der Waals surface area contributed by atoms with E-state index in [1.807, 2.05) is 210 Å². The van der Waals surface area contributed by atoms with Gasteiger partial charge in [-0.05, 0) is 87.8 Å². The van der Waals surface area contributed by atoms with E-state index in [9.17, 15) is 37.4 Å². The van der Waals surface area contributed by atoms with Crippen LogP contribution in [0.5, 0.6) is 0 Å². The molecule has 12 N–H and O–H groups in total. The van der Waals surface area contributed by atoms with Crippen molar-refractivity contribution in [3.05, 3.63) is 266 Å². The number of nitrogens with one attached hydrogen (secondary N) is 4. The number of methoxy groups -OCH3 is 3. The first kappa shape index (κ1) is 107. The Labute approximate surface area is 807 Å². The Bertz CT molecular complexity index is 6260. The van der Waals surface area contributed by atoms with E-state index in [-0.39, 0.29) is 108 Å². The molecule has 6 aromatic carbocycles. The van der Waals surface area contributed by atoms with Crippen LogP contribution < -0.4 is 43.3 Å². The maximum absolute atomic E-state index is 14.0. The topological polar surface area (TPSA) is 574 Å². The second-order valence-electron chi connectivity index (χ2n) is 32.0. The Morgan fingerprint density at radius 1 is 0.321 bits per heavy atom. The zero-order valence-electron chi connectivity index (χ0n) is 78.7. The van der Waals surface area contributed by atoms with E-state index in [1.54, 1.807) is 57.4 Å². The molecule has 8 aromatic heterocycles. The van der Waals surface area contributed by atoms with Gasteiger partial charge in [0, 0.05) is 0 Å². The molecule has 10 atom stereocenters. The van der Waals surface area contributed by atoms with Crippen molar-refractivity contribution in [2.24, 2.45) is 0 Å². The van der Waals surface area contributed by atoms with Crippen molar-refractivity contribution < 1.29 is 93.4 Å². The van der Waals surface area contributed by atoms with Crippen molar-refractivity contribution in [2.75, 3.05) is 82.7 Å². The fourth-order valence-electron chi connectivity index (χ4n) is 13.4. The zero-order valence-corrected chi connectivity index (χ0v) is 82.3. The molecule has 44 nitrogen and oxygen atoms in total. The molecule has 0 amide bonds. The van der Waals surface area contributed by atoms with Crippen LogP contribution >= 0.6 is 30.1 Å². The van der Waals surface area contributed by atoms with E-state index >= 15 is 0 Å². The Morgan fingerprint density at radius 3 is 0.814 bits per heavy atom. The van der Waals surface area contributed by atoms with Gasteiger partial charge in [-0.25, -0.2) is 80.2 Å². The van der Waals surface area contributed by atoms with Crippen molar-refractivity contribution in [3.63, 3.8) is 0 Å². The molecular weight excluding hydrogens is 1890 g/mol. The van der Waals surface area contributed by atoms with Crippen LogP contribution in [-0.2, 0) is 159 Å². The molecule has 0 radical (unpaired) electrons. The quantitative estimate of drug-likeness (QED) is 0.00997. The van der Waals surface area contributed by atoms with Gasteiger partial charge in [-0.3, -0.25) is 37.4 Å². The lowest BCUT2D eigenvalue weighted by atomic mass is 10.1. The Morgan fingerprint density at radius 2 is 0.564 bits per heavy atom. The second kappa shape index (κ2) is 53.4. The van der Waals surface area contributed by atoms with Gasteiger partial charge in [0.15, 0.2) is 45.9 Å². The number of carbonyl (C=O) groups excluding carboxylic acids is 4. The highest BCUT2D eigenvalue weighted by Crippen LogP contribution is 2.48. The standard InChI is InChI=1S/2C26H31N6O5P.C21H29N6O5P.C19H25N6O5P/c2*1-19(14-32-17-30-23-24(27)28-16-29-25(23)32)36-18-38(34,37-15-21-11-7-4-8-12-21)31-22(26(33)35-2)13-20-9-5-3-6-10-20;1-15(2)32-18(28)9-26-33(29,31-11-17-7-5-4-6-8-17)14-30-16(3)10-27-13-25-19-20(22)23-12-24-21(19)27;1-14(9-25-12-23-17-18(20)21-11-22-19(17)25)29-13-31(27,24-8-16(26)28-2)30-10-15-6-4-3-5-7-15/h2*3-12,16-17,19,22H,13-15,18H2,1-2H3,(H,31,34)(H2,27,28,29);4-8,12-13,15-16H,9-11,14H2,1-3H3,(H,26,29)(H2,22,23,24);3-7,11-12,14H,8-10,13H2,1-2H3,(H,24,27)(H2,20,21,22)/t2*19-,22+,38?;16-,33?;14-,31?/m1111/s1. The van der Waals surface area contributed by atoms with Crippen LogP contribution in [-0.4, -0.2) is 204 Å². The second-order valence-corrected chi connectivity index (χ2v) is 40.6. The first-order valence-corrected chi connectivity index (χ1v) is 51.4. The van der Waals surface area contributed by atoms with Crippen molar-refractivity contribution >= 4 is 122 Å². The number of hydrogen-bond acceptors (Lipinski definition) is 36. The number of rotatable bonds is 49. The molecule has 744 valence electrons. The molecule has 0 aliphatic heterocycles. The van der Waals surface area contributed by atoms with Crippen LogP contribution in [0.3, 0.4) is 0 Å². The molecule has 4 unspecified atom stereocenters. The number of carbonyl (C=O) groups is 4. The van der Waals surface area contributed by atoms with Crippen molar-refractivity contribution in [1.82, 2.24) is 98.4 Å². The molecule has 0 bridgehead atoms. The molecule has 14 aromatic rings. The summed E-state index contributed by atoms with van der Waals surface area (Å²) in [6, 6.07) is 54.4. The van der Waals surface area contributed by atoms with E-state index in [4.69, 9.17) is 74.2 Å². The minimum atomic E-state index is -3.69. The Hall–Kier alpha value is -13.0. The number of aromatic nitrogens is 16. The molecule has 0 aliphatic rings.